The second kappa shape index (κ2) is 11.0. The van der Waals surface area contributed by atoms with Crippen molar-refractivity contribution in [2.75, 3.05) is 19.8 Å². The van der Waals surface area contributed by atoms with E-state index in [1.807, 2.05) is 13.8 Å². The van der Waals surface area contributed by atoms with Crippen molar-refractivity contribution in [3.05, 3.63) is 28.0 Å². The molecule has 0 amide bonds. The molecule has 6 nitrogen and oxygen atoms in total. The highest BCUT2D eigenvalue weighted by Crippen LogP contribution is 2.16. The van der Waals surface area contributed by atoms with E-state index in [9.17, 15) is 9.59 Å². The lowest BCUT2D eigenvalue weighted by Crippen LogP contribution is -2.27. The molecule has 0 saturated carbocycles. The molecule has 2 heterocycles. The maximum Gasteiger partial charge on any atom is 0.254 e. The molecule has 1 aliphatic heterocycles. The van der Waals surface area contributed by atoms with Gasteiger partial charge in [-0.25, -0.2) is 0 Å². The fraction of sp³-hybridized carbons (Fsp3) is 0.600. The number of carbonyl (C=O) groups excluding carboxylic acids is 1. The molecule has 3 N–H and O–H groups in total. The Bertz CT molecular complexity index is 487. The van der Waals surface area contributed by atoms with Gasteiger partial charge in [0.05, 0.1) is 6.61 Å². The van der Waals surface area contributed by atoms with Crippen LogP contribution in [0.3, 0.4) is 0 Å². The van der Waals surface area contributed by atoms with Crippen molar-refractivity contribution in [2.24, 2.45) is 5.73 Å². The number of nitrogens with zero attached hydrogens (tertiary/aromatic N) is 1. The van der Waals surface area contributed by atoms with Crippen molar-refractivity contribution in [3.8, 4) is 5.88 Å². The van der Waals surface area contributed by atoms with Crippen molar-refractivity contribution >= 4 is 5.78 Å². The standard InChI is InChI=1S/C10H11NO3.C3H9NO.C2H6.H2/c1-7(12)8-5-9(13)11-3-2-4-14-10(11)6-8;4-2-1-3-5;1-2;/h5-6H,2-4H2,1H3;5H,1-4H2;1-2H3;1H. The minimum absolute atomic E-state index is 0. The zero-order valence-corrected chi connectivity index (χ0v) is 13.1. The van der Waals surface area contributed by atoms with Crippen molar-refractivity contribution in [3.63, 3.8) is 0 Å². The zero-order chi connectivity index (χ0) is 16.3. The number of Topliss-reactive ketones (excluding diaryl/α,β-unsaturated/α-hetero) is 1. The Morgan fingerprint density at radius 3 is 2.62 bits per heavy atom. The summed E-state index contributed by atoms with van der Waals surface area (Å²) in [7, 11) is 0. The van der Waals surface area contributed by atoms with Crippen LogP contribution in [0.4, 0.5) is 0 Å². The fourth-order valence-electron chi connectivity index (χ4n) is 1.61. The average Bonchev–Trinajstić information content (AvgIpc) is 2.50. The van der Waals surface area contributed by atoms with E-state index < -0.39 is 0 Å². The van der Waals surface area contributed by atoms with E-state index in [1.54, 1.807) is 10.6 Å². The number of ether oxygens (including phenoxy) is 1. The molecule has 0 bridgehead atoms. The minimum Gasteiger partial charge on any atom is -0.479 e. The van der Waals surface area contributed by atoms with Gasteiger partial charge in [-0.1, -0.05) is 13.8 Å². The summed E-state index contributed by atoms with van der Waals surface area (Å²) in [4.78, 5) is 22.6. The molecule has 0 atom stereocenters. The Labute approximate surface area is 127 Å². The maximum absolute atomic E-state index is 11.5. The van der Waals surface area contributed by atoms with Gasteiger partial charge in [0.2, 0.25) is 0 Å². The van der Waals surface area contributed by atoms with Crippen LogP contribution in [0.5, 0.6) is 5.88 Å². The molecule has 21 heavy (non-hydrogen) atoms. The number of hydrogen-bond donors (Lipinski definition) is 2. The third-order valence-electron chi connectivity index (χ3n) is 2.63. The van der Waals surface area contributed by atoms with Gasteiger partial charge in [-0.05, 0) is 26.3 Å². The van der Waals surface area contributed by atoms with E-state index in [2.05, 4.69) is 0 Å². The summed E-state index contributed by atoms with van der Waals surface area (Å²) in [5, 5.41) is 7.99. The van der Waals surface area contributed by atoms with Crippen LogP contribution in [-0.4, -0.2) is 35.2 Å². The summed E-state index contributed by atoms with van der Waals surface area (Å²) in [5.41, 5.74) is 5.24. The fourth-order valence-corrected chi connectivity index (χ4v) is 1.61. The Morgan fingerprint density at radius 1 is 1.48 bits per heavy atom. The molecule has 1 aromatic heterocycles. The van der Waals surface area contributed by atoms with Gasteiger partial charge in [-0.2, -0.15) is 0 Å². The predicted octanol–water partition coefficient (Wildman–Crippen LogP) is 1.43. The van der Waals surface area contributed by atoms with Crippen LogP contribution in [0.2, 0.25) is 0 Å². The highest BCUT2D eigenvalue weighted by molar-refractivity contribution is 5.94. The largest absolute Gasteiger partial charge is 0.479 e. The van der Waals surface area contributed by atoms with Crippen LogP contribution in [0.25, 0.3) is 0 Å². The van der Waals surface area contributed by atoms with Gasteiger partial charge < -0.3 is 15.6 Å². The van der Waals surface area contributed by atoms with Crippen molar-refractivity contribution in [1.82, 2.24) is 4.57 Å². The second-order valence-electron chi connectivity index (χ2n) is 4.20. The number of carbonyl (C=O) groups is 1. The van der Waals surface area contributed by atoms with Crippen LogP contribution in [0.15, 0.2) is 16.9 Å². The summed E-state index contributed by atoms with van der Waals surface area (Å²) < 4.78 is 6.86. The molecule has 0 radical (unpaired) electrons. The molecule has 1 aliphatic rings. The molecule has 2 rings (SSSR count). The van der Waals surface area contributed by atoms with Gasteiger partial charge in [0.15, 0.2) is 11.7 Å². The number of aliphatic hydroxyl groups excluding tert-OH is 1. The highest BCUT2D eigenvalue weighted by Gasteiger charge is 2.13. The molecular formula is C15H28N2O4. The van der Waals surface area contributed by atoms with Crippen LogP contribution in [-0.2, 0) is 6.54 Å². The molecule has 0 fully saturated rings. The van der Waals surface area contributed by atoms with Crippen LogP contribution in [0.1, 0.15) is 45.4 Å². The van der Waals surface area contributed by atoms with E-state index in [1.165, 1.54) is 13.0 Å². The SMILES string of the molecule is CC.CC(=O)c1cc2n(c(=O)c1)CCCO2.NCCCO.[HH]. The summed E-state index contributed by atoms with van der Waals surface area (Å²) in [5.74, 6) is 0.397. The van der Waals surface area contributed by atoms with Gasteiger partial charge in [0.1, 0.15) is 0 Å². The van der Waals surface area contributed by atoms with E-state index >= 15 is 0 Å². The van der Waals surface area contributed by atoms with E-state index in [4.69, 9.17) is 15.6 Å². The number of aliphatic hydroxyl groups is 1. The Hall–Kier alpha value is -1.66. The lowest BCUT2D eigenvalue weighted by atomic mass is 10.2. The third-order valence-corrected chi connectivity index (χ3v) is 2.63. The number of aromatic nitrogens is 1. The van der Waals surface area contributed by atoms with Gasteiger partial charge in [-0.3, -0.25) is 14.2 Å². The van der Waals surface area contributed by atoms with Crippen molar-refractivity contribution in [1.29, 1.82) is 0 Å². The van der Waals surface area contributed by atoms with E-state index in [-0.39, 0.29) is 19.4 Å². The Balaban J connectivity index is 0. The van der Waals surface area contributed by atoms with Gasteiger partial charge in [-0.15, -0.1) is 0 Å². The molecule has 0 saturated heterocycles. The number of hydrogen-bond acceptors (Lipinski definition) is 5. The normalized spacial score (nSPS) is 11.9. The zero-order valence-electron chi connectivity index (χ0n) is 13.1. The monoisotopic (exact) mass is 300 g/mol. The lowest BCUT2D eigenvalue weighted by molar-refractivity contribution is 0.101. The summed E-state index contributed by atoms with van der Waals surface area (Å²) >= 11 is 0. The van der Waals surface area contributed by atoms with Crippen LogP contribution in [0, 0.1) is 0 Å². The Morgan fingerprint density at radius 2 is 2.14 bits per heavy atom. The van der Waals surface area contributed by atoms with Gasteiger partial charge in [0, 0.05) is 32.3 Å². The summed E-state index contributed by atoms with van der Waals surface area (Å²) in [6.07, 6.45) is 1.56. The molecule has 0 aliphatic carbocycles. The minimum atomic E-state index is -0.160. The smallest absolute Gasteiger partial charge is 0.254 e. The predicted molar refractivity (Wildman–Crippen MR) is 85.0 cm³/mol. The van der Waals surface area contributed by atoms with Crippen LogP contribution >= 0.6 is 0 Å². The molecule has 6 heteroatoms. The molecule has 122 valence electrons. The van der Waals surface area contributed by atoms with Crippen molar-refractivity contribution in [2.45, 2.75) is 40.2 Å². The first-order chi connectivity index (χ1) is 10.1. The number of ketones is 1. The lowest BCUT2D eigenvalue weighted by Gasteiger charge is -2.19. The molecule has 1 aromatic rings. The third kappa shape index (κ3) is 6.55. The second-order valence-corrected chi connectivity index (χ2v) is 4.20. The first kappa shape index (κ1) is 19.3. The first-order valence-electron chi connectivity index (χ1n) is 7.29. The van der Waals surface area contributed by atoms with Crippen molar-refractivity contribution < 1.29 is 16.1 Å². The van der Waals surface area contributed by atoms with Crippen LogP contribution < -0.4 is 16.0 Å². The first-order valence-corrected chi connectivity index (χ1v) is 7.29. The quantitative estimate of drug-likeness (QED) is 0.824. The highest BCUT2D eigenvalue weighted by atomic mass is 16.5. The topological polar surface area (TPSA) is 94.5 Å². The average molecular weight is 300 g/mol. The molecule has 0 aromatic carbocycles. The number of pyridine rings is 1. The van der Waals surface area contributed by atoms with E-state index in [0.29, 0.717) is 31.1 Å². The van der Waals surface area contributed by atoms with E-state index in [0.717, 1.165) is 12.8 Å². The molecular weight excluding hydrogens is 272 g/mol. The molecule has 0 spiro atoms. The Kier molecular flexibility index (Phi) is 10.2. The molecule has 0 unspecified atom stereocenters. The number of nitrogens with two attached hydrogens (primary N) is 1. The maximum atomic E-state index is 11.5. The summed E-state index contributed by atoms with van der Waals surface area (Å²) in [6, 6.07) is 2.99. The summed E-state index contributed by atoms with van der Waals surface area (Å²) in [6.45, 7) is 7.54. The van der Waals surface area contributed by atoms with Gasteiger partial charge >= 0.3 is 0 Å². The number of rotatable bonds is 3. The number of fused-ring (bicyclic) bond motifs is 1. The van der Waals surface area contributed by atoms with Gasteiger partial charge in [0.25, 0.3) is 5.56 Å².